The molecule has 4 heteroatoms. The molecular formula is C15H27N3O. The maximum atomic E-state index is 8.40. The van der Waals surface area contributed by atoms with Crippen molar-refractivity contribution < 1.29 is 5.21 Å². The van der Waals surface area contributed by atoms with Crippen molar-refractivity contribution in [1.29, 1.82) is 0 Å². The molecule has 0 fully saturated rings. The number of aryl methyl sites for hydroxylation is 1. The first-order valence-electron chi connectivity index (χ1n) is 7.58. The second-order valence-electron chi connectivity index (χ2n) is 5.11. The summed E-state index contributed by atoms with van der Waals surface area (Å²) < 4.78 is 0. The van der Waals surface area contributed by atoms with Gasteiger partial charge in [0.15, 0.2) is 0 Å². The molecule has 108 valence electrons. The van der Waals surface area contributed by atoms with E-state index in [1.165, 1.54) is 64.0 Å². The highest BCUT2D eigenvalue weighted by atomic mass is 16.4. The van der Waals surface area contributed by atoms with Crippen molar-refractivity contribution in [3.05, 3.63) is 17.7 Å². The van der Waals surface area contributed by atoms with Crippen molar-refractivity contribution in [2.45, 2.75) is 71.1 Å². The molecular weight excluding hydrogens is 238 g/mol. The van der Waals surface area contributed by atoms with Crippen molar-refractivity contribution in [3.63, 3.8) is 0 Å². The van der Waals surface area contributed by atoms with Crippen LogP contribution in [0.15, 0.2) is 11.4 Å². The van der Waals surface area contributed by atoms with E-state index in [4.69, 9.17) is 5.21 Å². The monoisotopic (exact) mass is 265 g/mol. The van der Waals surface area contributed by atoms with Gasteiger partial charge in [-0.3, -0.25) is 0 Å². The summed E-state index contributed by atoms with van der Waals surface area (Å²) in [6.07, 6.45) is 16.1. The van der Waals surface area contributed by atoms with E-state index in [-0.39, 0.29) is 0 Å². The molecule has 0 saturated heterocycles. The van der Waals surface area contributed by atoms with E-state index in [0.29, 0.717) is 0 Å². The number of nitrogens with zero attached hydrogens (tertiary/aromatic N) is 2. The Morgan fingerprint density at radius 2 is 1.74 bits per heavy atom. The molecule has 0 aliphatic heterocycles. The summed E-state index contributed by atoms with van der Waals surface area (Å²) in [5.74, 6) is 0.984. The van der Waals surface area contributed by atoms with Crippen LogP contribution in [0.5, 0.6) is 0 Å². The van der Waals surface area contributed by atoms with Crippen molar-refractivity contribution in [3.8, 4) is 0 Å². The van der Waals surface area contributed by atoms with Crippen LogP contribution in [0.4, 0.5) is 0 Å². The van der Waals surface area contributed by atoms with Gasteiger partial charge in [-0.1, -0.05) is 63.4 Å². The van der Waals surface area contributed by atoms with Crippen LogP contribution in [-0.2, 0) is 6.42 Å². The zero-order chi connectivity index (χ0) is 13.8. The van der Waals surface area contributed by atoms with Crippen LogP contribution in [0.2, 0.25) is 0 Å². The van der Waals surface area contributed by atoms with Gasteiger partial charge in [-0.15, -0.1) is 0 Å². The Kier molecular flexibility index (Phi) is 8.77. The third-order valence-corrected chi connectivity index (χ3v) is 3.36. The topological polar surface area (TPSA) is 61.3 Å². The molecule has 0 amide bonds. The van der Waals surface area contributed by atoms with E-state index in [2.05, 4.69) is 22.0 Å². The van der Waals surface area contributed by atoms with Gasteiger partial charge in [-0.05, 0) is 6.42 Å². The maximum Gasteiger partial charge on any atom is 0.106 e. The predicted octanol–water partition coefficient (Wildman–Crippen LogP) is 4.29. The summed E-state index contributed by atoms with van der Waals surface area (Å²) in [4.78, 5) is 7.36. The number of unbranched alkanes of at least 4 members (excludes halogenated alkanes) is 8. The van der Waals surface area contributed by atoms with Crippen LogP contribution < -0.4 is 0 Å². The lowest BCUT2D eigenvalue weighted by Gasteiger charge is -2.01. The molecule has 0 unspecified atom stereocenters. The quantitative estimate of drug-likeness (QED) is 0.271. The highest BCUT2D eigenvalue weighted by molar-refractivity contribution is 5.75. The van der Waals surface area contributed by atoms with E-state index in [0.717, 1.165) is 17.9 Å². The lowest BCUT2D eigenvalue weighted by Crippen LogP contribution is -1.90. The van der Waals surface area contributed by atoms with Gasteiger partial charge in [-0.2, -0.15) is 0 Å². The average molecular weight is 265 g/mol. The van der Waals surface area contributed by atoms with Crippen LogP contribution in [-0.4, -0.2) is 21.4 Å². The summed E-state index contributed by atoms with van der Waals surface area (Å²) in [5.41, 5.74) is 0.758. The zero-order valence-corrected chi connectivity index (χ0v) is 12.1. The fourth-order valence-electron chi connectivity index (χ4n) is 2.24. The van der Waals surface area contributed by atoms with Gasteiger partial charge in [0.2, 0.25) is 0 Å². The number of nitrogens with one attached hydrogen (secondary N) is 1. The zero-order valence-electron chi connectivity index (χ0n) is 12.1. The molecule has 1 aromatic rings. The molecule has 1 aromatic heterocycles. The van der Waals surface area contributed by atoms with Gasteiger partial charge in [0.05, 0.1) is 18.1 Å². The molecule has 0 spiro atoms. The molecule has 1 heterocycles. The fourth-order valence-corrected chi connectivity index (χ4v) is 2.24. The number of H-pyrrole nitrogens is 1. The summed E-state index contributed by atoms with van der Waals surface area (Å²) in [7, 11) is 0. The normalized spacial score (nSPS) is 11.4. The van der Waals surface area contributed by atoms with Crippen molar-refractivity contribution >= 4 is 6.21 Å². The molecule has 0 atom stereocenters. The van der Waals surface area contributed by atoms with Gasteiger partial charge in [0, 0.05) is 6.42 Å². The van der Waals surface area contributed by atoms with Gasteiger partial charge >= 0.3 is 0 Å². The molecule has 0 saturated carbocycles. The Morgan fingerprint density at radius 3 is 2.37 bits per heavy atom. The Labute approximate surface area is 116 Å². The number of aromatic nitrogens is 2. The molecule has 0 aromatic carbocycles. The lowest BCUT2D eigenvalue weighted by atomic mass is 10.1. The second kappa shape index (κ2) is 10.6. The molecule has 4 nitrogen and oxygen atoms in total. The first kappa shape index (κ1) is 15.7. The fraction of sp³-hybridized carbons (Fsp3) is 0.733. The number of imidazole rings is 1. The highest BCUT2D eigenvalue weighted by Gasteiger charge is 1.99. The molecule has 1 rings (SSSR count). The van der Waals surface area contributed by atoms with Gasteiger partial charge in [0.25, 0.3) is 0 Å². The van der Waals surface area contributed by atoms with Crippen molar-refractivity contribution in [2.24, 2.45) is 5.16 Å². The van der Waals surface area contributed by atoms with Gasteiger partial charge in [-0.25, -0.2) is 4.98 Å². The van der Waals surface area contributed by atoms with E-state index in [1.54, 1.807) is 6.20 Å². The minimum Gasteiger partial charge on any atom is -0.411 e. The Morgan fingerprint density at radius 1 is 1.11 bits per heavy atom. The molecule has 0 aliphatic carbocycles. The van der Waals surface area contributed by atoms with Crippen LogP contribution in [0.1, 0.15) is 76.2 Å². The smallest absolute Gasteiger partial charge is 0.106 e. The molecule has 0 aliphatic rings. The summed E-state index contributed by atoms with van der Waals surface area (Å²) in [6, 6.07) is 0. The van der Waals surface area contributed by atoms with Crippen LogP contribution >= 0.6 is 0 Å². The molecule has 0 radical (unpaired) electrons. The maximum absolute atomic E-state index is 8.40. The van der Waals surface area contributed by atoms with E-state index < -0.39 is 0 Å². The SMILES string of the molecule is CCCCCCCCCCCc1ncc(C=NO)[nH]1. The lowest BCUT2D eigenvalue weighted by molar-refractivity contribution is 0.321. The van der Waals surface area contributed by atoms with E-state index in [9.17, 15) is 0 Å². The average Bonchev–Trinajstić information content (AvgIpc) is 2.85. The molecule has 19 heavy (non-hydrogen) atoms. The summed E-state index contributed by atoms with van der Waals surface area (Å²) >= 11 is 0. The van der Waals surface area contributed by atoms with Crippen LogP contribution in [0, 0.1) is 0 Å². The first-order chi connectivity index (χ1) is 9.36. The van der Waals surface area contributed by atoms with Gasteiger partial charge < -0.3 is 10.2 Å². The van der Waals surface area contributed by atoms with E-state index in [1.807, 2.05) is 0 Å². The van der Waals surface area contributed by atoms with Gasteiger partial charge in [0.1, 0.15) is 5.82 Å². The third-order valence-electron chi connectivity index (χ3n) is 3.36. The number of oxime groups is 1. The summed E-state index contributed by atoms with van der Waals surface area (Å²) in [6.45, 7) is 2.26. The van der Waals surface area contributed by atoms with Crippen molar-refractivity contribution in [1.82, 2.24) is 9.97 Å². The van der Waals surface area contributed by atoms with Crippen molar-refractivity contribution in [2.75, 3.05) is 0 Å². The minimum atomic E-state index is 0.758. The minimum absolute atomic E-state index is 0.758. The number of hydrogen-bond donors (Lipinski definition) is 2. The number of hydrogen-bond acceptors (Lipinski definition) is 3. The van der Waals surface area contributed by atoms with Crippen LogP contribution in [0.25, 0.3) is 0 Å². The Balaban J connectivity index is 1.95. The largest absolute Gasteiger partial charge is 0.411 e. The third kappa shape index (κ3) is 7.65. The molecule has 2 N–H and O–H groups in total. The Bertz CT molecular complexity index is 347. The number of aromatic amines is 1. The standard InChI is InChI=1S/C15H27N3O/c1-2-3-4-5-6-7-8-9-10-11-15-16-12-14(18-15)13-17-19/h12-13,19H,2-11H2,1H3,(H,16,18). The Hall–Kier alpha value is -1.32. The summed E-state index contributed by atoms with van der Waals surface area (Å²) in [5, 5.41) is 11.4. The number of rotatable bonds is 11. The predicted molar refractivity (Wildman–Crippen MR) is 78.9 cm³/mol. The first-order valence-corrected chi connectivity index (χ1v) is 7.58. The molecule has 0 bridgehead atoms. The van der Waals surface area contributed by atoms with Crippen LogP contribution in [0.3, 0.4) is 0 Å². The van der Waals surface area contributed by atoms with E-state index >= 15 is 0 Å². The second-order valence-corrected chi connectivity index (χ2v) is 5.11. The highest BCUT2D eigenvalue weighted by Crippen LogP contribution is 2.10.